The zero-order valence-electron chi connectivity index (χ0n) is 14.0. The maximum absolute atomic E-state index is 11.6. The first kappa shape index (κ1) is 15.6. The Morgan fingerprint density at radius 1 is 1.30 bits per heavy atom. The summed E-state index contributed by atoms with van der Waals surface area (Å²) < 4.78 is 1.72. The number of nitrogens with zero attached hydrogens (tertiary/aromatic N) is 5. The molecule has 0 aromatic carbocycles. The highest BCUT2D eigenvalue weighted by atomic mass is 16.1. The Hall–Kier alpha value is -2.24. The minimum absolute atomic E-state index is 0.0186. The molecular weight excluding hydrogens is 290 g/mol. The molecule has 0 saturated carbocycles. The van der Waals surface area contributed by atoms with Crippen molar-refractivity contribution in [1.82, 2.24) is 19.7 Å². The van der Waals surface area contributed by atoms with Crippen LogP contribution in [0.15, 0.2) is 18.6 Å². The summed E-state index contributed by atoms with van der Waals surface area (Å²) in [6, 6.07) is 2.51. The van der Waals surface area contributed by atoms with E-state index in [1.54, 1.807) is 24.1 Å². The van der Waals surface area contributed by atoms with Gasteiger partial charge < -0.3 is 4.90 Å². The predicted molar refractivity (Wildman–Crippen MR) is 89.2 cm³/mol. The molecule has 3 heterocycles. The molecular formula is C17H23N5O. The number of hydrogen-bond donors (Lipinski definition) is 0. The predicted octanol–water partition coefficient (Wildman–Crippen LogP) is 2.94. The van der Waals surface area contributed by atoms with Crippen molar-refractivity contribution in [3.8, 4) is 5.82 Å². The Morgan fingerprint density at radius 3 is 2.78 bits per heavy atom. The Balaban J connectivity index is 1.95. The lowest BCUT2D eigenvalue weighted by atomic mass is 10.0. The van der Waals surface area contributed by atoms with Crippen LogP contribution in [0.25, 0.3) is 5.82 Å². The van der Waals surface area contributed by atoms with Gasteiger partial charge in [-0.05, 0) is 39.5 Å². The van der Waals surface area contributed by atoms with Crippen molar-refractivity contribution in [2.75, 3.05) is 11.4 Å². The second-order valence-corrected chi connectivity index (χ2v) is 6.10. The smallest absolute Gasteiger partial charge is 0.163 e. The molecule has 0 radical (unpaired) electrons. The number of ketones is 1. The van der Waals surface area contributed by atoms with Crippen molar-refractivity contribution < 1.29 is 4.79 Å². The molecule has 1 aliphatic heterocycles. The van der Waals surface area contributed by atoms with Crippen LogP contribution < -0.4 is 4.90 Å². The number of hydrogen-bond acceptors (Lipinski definition) is 5. The summed E-state index contributed by atoms with van der Waals surface area (Å²) in [5, 5.41) is 4.32. The van der Waals surface area contributed by atoms with Crippen LogP contribution in [-0.4, -0.2) is 38.1 Å². The lowest BCUT2D eigenvalue weighted by Crippen LogP contribution is -2.39. The van der Waals surface area contributed by atoms with Crippen molar-refractivity contribution in [2.24, 2.45) is 0 Å². The average molecular weight is 313 g/mol. The normalized spacial score (nSPS) is 18.2. The maximum atomic E-state index is 11.6. The highest BCUT2D eigenvalue weighted by molar-refractivity contribution is 5.95. The first-order chi connectivity index (χ1) is 11.1. The molecule has 0 amide bonds. The fourth-order valence-electron chi connectivity index (χ4n) is 3.32. The molecule has 2 aromatic rings. The summed E-state index contributed by atoms with van der Waals surface area (Å²) in [6.45, 7) is 6.70. The Morgan fingerprint density at radius 2 is 2.09 bits per heavy atom. The zero-order chi connectivity index (χ0) is 16.4. The summed E-state index contributed by atoms with van der Waals surface area (Å²) >= 11 is 0. The highest BCUT2D eigenvalue weighted by Crippen LogP contribution is 2.26. The largest absolute Gasteiger partial charge is 0.353 e. The van der Waals surface area contributed by atoms with E-state index in [4.69, 9.17) is 0 Å². The summed E-state index contributed by atoms with van der Waals surface area (Å²) in [4.78, 5) is 22.8. The molecule has 6 nitrogen and oxygen atoms in total. The molecule has 0 bridgehead atoms. The third-order valence-corrected chi connectivity index (χ3v) is 4.64. The van der Waals surface area contributed by atoms with Crippen molar-refractivity contribution in [3.05, 3.63) is 29.8 Å². The van der Waals surface area contributed by atoms with Gasteiger partial charge in [0.1, 0.15) is 12.1 Å². The third kappa shape index (κ3) is 2.98. The monoisotopic (exact) mass is 313 g/mol. The van der Waals surface area contributed by atoms with E-state index in [0.717, 1.165) is 24.5 Å². The molecule has 1 fully saturated rings. The fourth-order valence-corrected chi connectivity index (χ4v) is 3.32. The van der Waals surface area contributed by atoms with Crippen molar-refractivity contribution in [2.45, 2.75) is 52.5 Å². The van der Waals surface area contributed by atoms with E-state index >= 15 is 0 Å². The van der Waals surface area contributed by atoms with Crippen LogP contribution in [0.3, 0.4) is 0 Å². The summed E-state index contributed by atoms with van der Waals surface area (Å²) in [7, 11) is 0. The first-order valence-corrected chi connectivity index (χ1v) is 8.26. The molecule has 0 spiro atoms. The molecule has 122 valence electrons. The summed E-state index contributed by atoms with van der Waals surface area (Å²) in [5.41, 5.74) is 1.45. The number of rotatable bonds is 4. The topological polar surface area (TPSA) is 63.9 Å². The van der Waals surface area contributed by atoms with Crippen LogP contribution in [-0.2, 0) is 0 Å². The number of carbonyl (C=O) groups is 1. The van der Waals surface area contributed by atoms with Gasteiger partial charge in [0, 0.05) is 18.7 Å². The molecule has 23 heavy (non-hydrogen) atoms. The molecule has 6 heteroatoms. The molecule has 0 aliphatic carbocycles. The molecule has 1 aliphatic rings. The van der Waals surface area contributed by atoms with Gasteiger partial charge in [0.05, 0.1) is 17.5 Å². The lowest BCUT2D eigenvalue weighted by molar-refractivity contribution is 0.101. The number of aromatic nitrogens is 4. The van der Waals surface area contributed by atoms with Gasteiger partial charge >= 0.3 is 0 Å². The molecule has 3 rings (SSSR count). The quantitative estimate of drug-likeness (QED) is 0.812. The number of anilines is 1. The van der Waals surface area contributed by atoms with E-state index in [2.05, 4.69) is 26.9 Å². The van der Waals surface area contributed by atoms with Crippen LogP contribution in [0.4, 0.5) is 5.82 Å². The molecule has 1 saturated heterocycles. The fraction of sp³-hybridized carbons (Fsp3) is 0.529. The number of piperidine rings is 1. The summed E-state index contributed by atoms with van der Waals surface area (Å²) in [6.07, 6.45) is 8.01. The Kier molecular flexibility index (Phi) is 4.41. The summed E-state index contributed by atoms with van der Waals surface area (Å²) in [5.74, 6) is 1.67. The van der Waals surface area contributed by atoms with E-state index in [1.807, 2.05) is 13.0 Å². The second-order valence-electron chi connectivity index (χ2n) is 6.10. The van der Waals surface area contributed by atoms with Crippen molar-refractivity contribution in [1.29, 1.82) is 0 Å². The van der Waals surface area contributed by atoms with Gasteiger partial charge in [-0.25, -0.2) is 14.6 Å². The molecule has 0 unspecified atom stereocenters. The van der Waals surface area contributed by atoms with E-state index in [9.17, 15) is 4.79 Å². The van der Waals surface area contributed by atoms with Gasteiger partial charge in [0.2, 0.25) is 0 Å². The van der Waals surface area contributed by atoms with Crippen molar-refractivity contribution >= 4 is 11.6 Å². The van der Waals surface area contributed by atoms with Gasteiger partial charge in [-0.2, -0.15) is 5.10 Å². The molecule has 2 aromatic heterocycles. The number of carbonyl (C=O) groups excluding carboxylic acids is 1. The lowest BCUT2D eigenvalue weighted by Gasteiger charge is -2.36. The highest BCUT2D eigenvalue weighted by Gasteiger charge is 2.23. The van der Waals surface area contributed by atoms with Crippen LogP contribution in [0, 0.1) is 6.92 Å². The third-order valence-electron chi connectivity index (χ3n) is 4.64. The van der Waals surface area contributed by atoms with E-state index in [0.29, 0.717) is 17.4 Å². The van der Waals surface area contributed by atoms with Crippen LogP contribution in [0.1, 0.15) is 55.6 Å². The minimum Gasteiger partial charge on any atom is -0.353 e. The first-order valence-electron chi connectivity index (χ1n) is 8.26. The SMILES string of the molecule is CC[C@H]1CCCCN1c1cc(-n2ncc(C(C)=O)c2C)ncn1. The molecule has 1 atom stereocenters. The van der Waals surface area contributed by atoms with Crippen LogP contribution >= 0.6 is 0 Å². The van der Waals surface area contributed by atoms with Gasteiger partial charge in [0.15, 0.2) is 11.6 Å². The maximum Gasteiger partial charge on any atom is 0.163 e. The van der Waals surface area contributed by atoms with E-state index in [-0.39, 0.29) is 5.78 Å². The average Bonchev–Trinajstić information content (AvgIpc) is 2.96. The van der Waals surface area contributed by atoms with Crippen molar-refractivity contribution in [3.63, 3.8) is 0 Å². The Labute approximate surface area is 136 Å². The Bertz CT molecular complexity index is 709. The van der Waals surface area contributed by atoms with Crippen LogP contribution in [0.5, 0.6) is 0 Å². The number of Topliss-reactive ketones (excluding diaryl/α,β-unsaturated/α-hetero) is 1. The van der Waals surface area contributed by atoms with E-state index in [1.165, 1.54) is 19.3 Å². The molecule has 0 N–H and O–H groups in total. The van der Waals surface area contributed by atoms with Gasteiger partial charge in [-0.1, -0.05) is 6.92 Å². The second kappa shape index (κ2) is 6.48. The minimum atomic E-state index is 0.0186. The van der Waals surface area contributed by atoms with Crippen LogP contribution in [0.2, 0.25) is 0 Å². The zero-order valence-corrected chi connectivity index (χ0v) is 14.0. The standard InChI is InChI=1S/C17H23N5O/c1-4-14-7-5-6-8-21(14)16-9-17(19-11-18-16)22-12(2)15(10-20-22)13(3)23/h9-11,14H,4-8H2,1-3H3/t14-/m0/s1. The van der Waals surface area contributed by atoms with Gasteiger partial charge in [-0.3, -0.25) is 4.79 Å². The van der Waals surface area contributed by atoms with E-state index < -0.39 is 0 Å². The van der Waals surface area contributed by atoms with Gasteiger partial charge in [0.25, 0.3) is 0 Å². The van der Waals surface area contributed by atoms with Gasteiger partial charge in [-0.15, -0.1) is 0 Å².